The molecule has 1 aromatic carbocycles. The fourth-order valence-corrected chi connectivity index (χ4v) is 2.09. The number of nitrogens with zero attached hydrogens (tertiary/aromatic N) is 1. The molecule has 0 aliphatic rings. The Hall–Kier alpha value is -1.58. The Morgan fingerprint density at radius 1 is 1.25 bits per heavy atom. The molecule has 1 aromatic heterocycles. The number of benzene rings is 1. The standard InChI is InChI=1S/C16H19ClN2O/c1-2-18-12-13-11-14(17)6-7-16(13)20-10-8-15-5-3-4-9-19-15/h3-7,9,11,18H,2,8,10,12H2,1H3. The quantitative estimate of drug-likeness (QED) is 0.848. The summed E-state index contributed by atoms with van der Waals surface area (Å²) in [4.78, 5) is 4.28. The summed E-state index contributed by atoms with van der Waals surface area (Å²) in [6, 6.07) is 11.6. The van der Waals surface area contributed by atoms with Gasteiger partial charge in [-0.1, -0.05) is 24.6 Å². The molecule has 1 N–H and O–H groups in total. The first-order chi connectivity index (χ1) is 9.79. The van der Waals surface area contributed by atoms with Crippen molar-refractivity contribution in [3.05, 3.63) is 58.9 Å². The second-order valence-electron chi connectivity index (χ2n) is 4.45. The van der Waals surface area contributed by atoms with Crippen LogP contribution in [-0.4, -0.2) is 18.1 Å². The lowest BCUT2D eigenvalue weighted by Crippen LogP contribution is -2.13. The number of hydrogen-bond acceptors (Lipinski definition) is 3. The summed E-state index contributed by atoms with van der Waals surface area (Å²) in [5.74, 6) is 0.881. The van der Waals surface area contributed by atoms with E-state index in [1.807, 2.05) is 36.4 Å². The number of halogens is 1. The number of rotatable bonds is 7. The SMILES string of the molecule is CCNCc1cc(Cl)ccc1OCCc1ccccn1. The van der Waals surface area contributed by atoms with Crippen molar-refractivity contribution in [2.75, 3.05) is 13.2 Å². The van der Waals surface area contributed by atoms with Gasteiger partial charge in [0.15, 0.2) is 0 Å². The zero-order valence-corrected chi connectivity index (χ0v) is 12.4. The Morgan fingerprint density at radius 2 is 2.15 bits per heavy atom. The van der Waals surface area contributed by atoms with Gasteiger partial charge in [-0.3, -0.25) is 4.98 Å². The highest BCUT2D eigenvalue weighted by atomic mass is 35.5. The highest BCUT2D eigenvalue weighted by Crippen LogP contribution is 2.23. The van der Waals surface area contributed by atoms with Crippen LogP contribution in [-0.2, 0) is 13.0 Å². The van der Waals surface area contributed by atoms with Crippen molar-refractivity contribution in [1.82, 2.24) is 10.3 Å². The Balaban J connectivity index is 1.94. The Bertz CT molecular complexity index is 531. The van der Waals surface area contributed by atoms with Gasteiger partial charge in [-0.2, -0.15) is 0 Å². The maximum absolute atomic E-state index is 6.03. The van der Waals surface area contributed by atoms with Crippen LogP contribution in [0.25, 0.3) is 0 Å². The van der Waals surface area contributed by atoms with E-state index in [2.05, 4.69) is 17.2 Å². The van der Waals surface area contributed by atoms with Gasteiger partial charge in [0.05, 0.1) is 6.61 Å². The van der Waals surface area contributed by atoms with E-state index in [9.17, 15) is 0 Å². The first kappa shape index (κ1) is 14.8. The Morgan fingerprint density at radius 3 is 2.90 bits per heavy atom. The molecule has 0 spiro atoms. The van der Waals surface area contributed by atoms with E-state index in [0.717, 1.165) is 41.5 Å². The van der Waals surface area contributed by atoms with Gasteiger partial charge in [0.1, 0.15) is 5.75 Å². The Kier molecular flexibility index (Phi) is 5.84. The molecule has 2 aromatic rings. The van der Waals surface area contributed by atoms with Crippen molar-refractivity contribution < 1.29 is 4.74 Å². The molecule has 3 nitrogen and oxygen atoms in total. The van der Waals surface area contributed by atoms with E-state index in [4.69, 9.17) is 16.3 Å². The third-order valence-electron chi connectivity index (χ3n) is 2.93. The van der Waals surface area contributed by atoms with Crippen LogP contribution in [0.4, 0.5) is 0 Å². The lowest BCUT2D eigenvalue weighted by atomic mass is 10.2. The molecule has 0 fully saturated rings. The molecule has 0 unspecified atom stereocenters. The molecular formula is C16H19ClN2O. The number of ether oxygens (including phenoxy) is 1. The number of hydrogen-bond donors (Lipinski definition) is 1. The summed E-state index contributed by atoms with van der Waals surface area (Å²) in [5, 5.41) is 4.02. The molecule has 0 saturated heterocycles. The minimum Gasteiger partial charge on any atom is -0.493 e. The van der Waals surface area contributed by atoms with Crippen molar-refractivity contribution >= 4 is 11.6 Å². The van der Waals surface area contributed by atoms with Crippen LogP contribution in [0.5, 0.6) is 5.75 Å². The van der Waals surface area contributed by atoms with Gasteiger partial charge in [-0.25, -0.2) is 0 Å². The first-order valence-electron chi connectivity index (χ1n) is 6.81. The number of aromatic nitrogens is 1. The van der Waals surface area contributed by atoms with Gasteiger partial charge in [0, 0.05) is 35.4 Å². The summed E-state index contributed by atoms with van der Waals surface area (Å²) in [6.07, 6.45) is 2.60. The maximum atomic E-state index is 6.03. The molecule has 0 atom stereocenters. The fourth-order valence-electron chi connectivity index (χ4n) is 1.90. The summed E-state index contributed by atoms with van der Waals surface area (Å²) in [5.41, 5.74) is 2.12. The number of nitrogens with one attached hydrogen (secondary N) is 1. The van der Waals surface area contributed by atoms with Gasteiger partial charge < -0.3 is 10.1 Å². The van der Waals surface area contributed by atoms with E-state index in [1.165, 1.54) is 0 Å². The van der Waals surface area contributed by atoms with Gasteiger partial charge in [-0.05, 0) is 36.9 Å². The monoisotopic (exact) mass is 290 g/mol. The average molecular weight is 291 g/mol. The summed E-state index contributed by atoms with van der Waals surface area (Å²) in [6.45, 7) is 4.36. The molecule has 0 amide bonds. The molecule has 0 aliphatic heterocycles. The van der Waals surface area contributed by atoms with Gasteiger partial charge in [0.25, 0.3) is 0 Å². The van der Waals surface area contributed by atoms with Crippen LogP contribution in [0.15, 0.2) is 42.6 Å². The van der Waals surface area contributed by atoms with Gasteiger partial charge >= 0.3 is 0 Å². The molecule has 1 heterocycles. The van der Waals surface area contributed by atoms with Crippen LogP contribution in [0, 0.1) is 0 Å². The molecule has 20 heavy (non-hydrogen) atoms. The fraction of sp³-hybridized carbons (Fsp3) is 0.312. The molecule has 0 aliphatic carbocycles. The summed E-state index contributed by atoms with van der Waals surface area (Å²) in [7, 11) is 0. The van der Waals surface area contributed by atoms with Crippen LogP contribution in [0.1, 0.15) is 18.2 Å². The van der Waals surface area contributed by atoms with Gasteiger partial charge in [-0.15, -0.1) is 0 Å². The zero-order chi connectivity index (χ0) is 14.2. The molecule has 0 saturated carbocycles. The highest BCUT2D eigenvalue weighted by Gasteiger charge is 2.05. The molecule has 106 valence electrons. The van der Waals surface area contributed by atoms with Gasteiger partial charge in [0.2, 0.25) is 0 Å². The first-order valence-corrected chi connectivity index (χ1v) is 7.19. The second-order valence-corrected chi connectivity index (χ2v) is 4.89. The minimum atomic E-state index is 0.609. The highest BCUT2D eigenvalue weighted by molar-refractivity contribution is 6.30. The van der Waals surface area contributed by atoms with Crippen molar-refractivity contribution in [2.24, 2.45) is 0 Å². The van der Waals surface area contributed by atoms with Crippen molar-refractivity contribution in [3.63, 3.8) is 0 Å². The normalized spacial score (nSPS) is 10.5. The van der Waals surface area contributed by atoms with Crippen LogP contribution in [0.2, 0.25) is 5.02 Å². The minimum absolute atomic E-state index is 0.609. The predicted molar refractivity (Wildman–Crippen MR) is 82.3 cm³/mol. The van der Waals surface area contributed by atoms with E-state index in [0.29, 0.717) is 6.61 Å². The molecular weight excluding hydrogens is 272 g/mol. The van der Waals surface area contributed by atoms with Crippen molar-refractivity contribution in [2.45, 2.75) is 19.9 Å². The average Bonchev–Trinajstić information content (AvgIpc) is 2.48. The molecule has 0 bridgehead atoms. The van der Waals surface area contributed by atoms with Crippen molar-refractivity contribution in [1.29, 1.82) is 0 Å². The second kappa shape index (κ2) is 7.88. The Labute approximate surface area is 124 Å². The third kappa shape index (κ3) is 4.51. The molecule has 0 radical (unpaired) electrons. The topological polar surface area (TPSA) is 34.1 Å². The van der Waals surface area contributed by atoms with E-state index < -0.39 is 0 Å². The lowest BCUT2D eigenvalue weighted by Gasteiger charge is -2.12. The summed E-state index contributed by atoms with van der Waals surface area (Å²) >= 11 is 6.03. The van der Waals surface area contributed by atoms with E-state index in [1.54, 1.807) is 6.20 Å². The van der Waals surface area contributed by atoms with Crippen molar-refractivity contribution in [3.8, 4) is 5.75 Å². The largest absolute Gasteiger partial charge is 0.493 e. The van der Waals surface area contributed by atoms with Crippen LogP contribution < -0.4 is 10.1 Å². The number of pyridine rings is 1. The lowest BCUT2D eigenvalue weighted by molar-refractivity contribution is 0.316. The maximum Gasteiger partial charge on any atom is 0.123 e. The third-order valence-corrected chi connectivity index (χ3v) is 3.16. The molecule has 4 heteroatoms. The smallest absolute Gasteiger partial charge is 0.123 e. The zero-order valence-electron chi connectivity index (χ0n) is 11.6. The van der Waals surface area contributed by atoms with E-state index >= 15 is 0 Å². The van der Waals surface area contributed by atoms with E-state index in [-0.39, 0.29) is 0 Å². The van der Waals surface area contributed by atoms with Crippen LogP contribution in [0.3, 0.4) is 0 Å². The molecule has 2 rings (SSSR count). The predicted octanol–water partition coefficient (Wildman–Crippen LogP) is 3.47. The summed E-state index contributed by atoms with van der Waals surface area (Å²) < 4.78 is 5.85. The van der Waals surface area contributed by atoms with Crippen LogP contribution >= 0.6 is 11.6 Å².